The van der Waals surface area contributed by atoms with Gasteiger partial charge in [-0.05, 0) is 45.6 Å². The SMILES string of the molecule is CCC(O)C(C)=CCCC=C(C)C. The highest BCUT2D eigenvalue weighted by molar-refractivity contribution is 5.05. The Morgan fingerprint density at radius 3 is 2.15 bits per heavy atom. The number of hydrogen-bond donors (Lipinski definition) is 1. The zero-order valence-electron chi connectivity index (χ0n) is 9.30. The molecule has 1 nitrogen and oxygen atoms in total. The Morgan fingerprint density at radius 1 is 1.15 bits per heavy atom. The van der Waals surface area contributed by atoms with Gasteiger partial charge in [0.15, 0.2) is 0 Å². The van der Waals surface area contributed by atoms with E-state index in [1.807, 2.05) is 13.8 Å². The Bertz CT molecular complexity index is 185. The van der Waals surface area contributed by atoms with E-state index in [2.05, 4.69) is 26.0 Å². The van der Waals surface area contributed by atoms with Crippen LogP contribution in [0, 0.1) is 0 Å². The molecule has 0 fully saturated rings. The van der Waals surface area contributed by atoms with Crippen LogP contribution in [0.25, 0.3) is 0 Å². The number of unbranched alkanes of at least 4 members (excludes halogenated alkanes) is 1. The monoisotopic (exact) mass is 182 g/mol. The summed E-state index contributed by atoms with van der Waals surface area (Å²) >= 11 is 0. The van der Waals surface area contributed by atoms with Gasteiger partial charge >= 0.3 is 0 Å². The second-order valence-electron chi connectivity index (χ2n) is 3.73. The van der Waals surface area contributed by atoms with Gasteiger partial charge in [-0.1, -0.05) is 24.6 Å². The van der Waals surface area contributed by atoms with Crippen LogP contribution < -0.4 is 0 Å². The number of aliphatic hydroxyl groups is 1. The van der Waals surface area contributed by atoms with Crippen molar-refractivity contribution in [3.8, 4) is 0 Å². The quantitative estimate of drug-likeness (QED) is 0.510. The normalized spacial score (nSPS) is 14.1. The third kappa shape index (κ3) is 6.59. The van der Waals surface area contributed by atoms with E-state index in [9.17, 15) is 5.11 Å². The van der Waals surface area contributed by atoms with E-state index in [4.69, 9.17) is 0 Å². The van der Waals surface area contributed by atoms with E-state index in [-0.39, 0.29) is 6.10 Å². The topological polar surface area (TPSA) is 20.2 Å². The number of hydrogen-bond acceptors (Lipinski definition) is 1. The summed E-state index contributed by atoms with van der Waals surface area (Å²) in [5, 5.41) is 9.45. The summed E-state index contributed by atoms with van der Waals surface area (Å²) in [5.74, 6) is 0. The van der Waals surface area contributed by atoms with Gasteiger partial charge in [0.05, 0.1) is 6.10 Å². The van der Waals surface area contributed by atoms with E-state index in [0.29, 0.717) is 0 Å². The summed E-state index contributed by atoms with van der Waals surface area (Å²) in [4.78, 5) is 0. The molecule has 0 aromatic carbocycles. The molecule has 76 valence electrons. The first-order valence-electron chi connectivity index (χ1n) is 5.06. The van der Waals surface area contributed by atoms with Crippen molar-refractivity contribution in [3.05, 3.63) is 23.3 Å². The lowest BCUT2D eigenvalue weighted by Gasteiger charge is -2.07. The molecule has 1 heteroatoms. The van der Waals surface area contributed by atoms with Crippen molar-refractivity contribution in [2.75, 3.05) is 0 Å². The van der Waals surface area contributed by atoms with Crippen LogP contribution in [0.4, 0.5) is 0 Å². The fourth-order valence-corrected chi connectivity index (χ4v) is 1.14. The van der Waals surface area contributed by atoms with Crippen LogP contribution in [0.2, 0.25) is 0 Å². The molecule has 0 aromatic rings. The van der Waals surface area contributed by atoms with Gasteiger partial charge in [-0.3, -0.25) is 0 Å². The smallest absolute Gasteiger partial charge is 0.0744 e. The third-order valence-corrected chi connectivity index (χ3v) is 2.10. The van der Waals surface area contributed by atoms with Crippen molar-refractivity contribution in [2.24, 2.45) is 0 Å². The molecule has 0 rings (SSSR count). The Kier molecular flexibility index (Phi) is 6.61. The van der Waals surface area contributed by atoms with Crippen LogP contribution in [0.3, 0.4) is 0 Å². The summed E-state index contributed by atoms with van der Waals surface area (Å²) in [6, 6.07) is 0. The zero-order chi connectivity index (χ0) is 10.3. The van der Waals surface area contributed by atoms with Crippen molar-refractivity contribution >= 4 is 0 Å². The second kappa shape index (κ2) is 6.90. The van der Waals surface area contributed by atoms with Crippen molar-refractivity contribution in [3.63, 3.8) is 0 Å². The summed E-state index contributed by atoms with van der Waals surface area (Å²) < 4.78 is 0. The fraction of sp³-hybridized carbons (Fsp3) is 0.667. The Hall–Kier alpha value is -0.560. The highest BCUT2D eigenvalue weighted by Gasteiger charge is 2.00. The number of rotatable bonds is 5. The molecule has 0 radical (unpaired) electrons. The van der Waals surface area contributed by atoms with Crippen LogP contribution in [0.15, 0.2) is 23.3 Å². The molecule has 13 heavy (non-hydrogen) atoms. The van der Waals surface area contributed by atoms with Crippen LogP contribution in [-0.2, 0) is 0 Å². The molecule has 0 aromatic heterocycles. The largest absolute Gasteiger partial charge is 0.389 e. The number of aliphatic hydroxyl groups excluding tert-OH is 1. The fourth-order valence-electron chi connectivity index (χ4n) is 1.14. The second-order valence-corrected chi connectivity index (χ2v) is 3.73. The maximum absolute atomic E-state index is 9.45. The lowest BCUT2D eigenvalue weighted by atomic mass is 10.1. The standard InChI is InChI=1S/C12H22O/c1-5-12(13)11(4)9-7-6-8-10(2)3/h8-9,12-13H,5-7H2,1-4H3. The number of allylic oxidation sites excluding steroid dienone is 3. The molecule has 0 heterocycles. The first kappa shape index (κ1) is 12.4. The van der Waals surface area contributed by atoms with Crippen LogP contribution in [0.5, 0.6) is 0 Å². The summed E-state index contributed by atoms with van der Waals surface area (Å²) in [5.41, 5.74) is 2.46. The predicted molar refractivity (Wildman–Crippen MR) is 58.7 cm³/mol. The Balaban J connectivity index is 3.78. The van der Waals surface area contributed by atoms with Gasteiger partial charge in [0.25, 0.3) is 0 Å². The molecule has 0 aliphatic rings. The van der Waals surface area contributed by atoms with Gasteiger partial charge in [-0.25, -0.2) is 0 Å². The van der Waals surface area contributed by atoms with E-state index in [0.717, 1.165) is 24.8 Å². The Morgan fingerprint density at radius 2 is 1.69 bits per heavy atom. The van der Waals surface area contributed by atoms with Crippen LogP contribution >= 0.6 is 0 Å². The summed E-state index contributed by atoms with van der Waals surface area (Å²) in [6.07, 6.45) is 7.04. The first-order chi connectivity index (χ1) is 6.07. The molecule has 0 bridgehead atoms. The van der Waals surface area contributed by atoms with E-state index in [1.54, 1.807) is 0 Å². The molecule has 1 unspecified atom stereocenters. The maximum atomic E-state index is 9.45. The molecule has 0 saturated heterocycles. The van der Waals surface area contributed by atoms with Crippen molar-refractivity contribution < 1.29 is 5.11 Å². The van der Waals surface area contributed by atoms with Gasteiger partial charge in [-0.2, -0.15) is 0 Å². The van der Waals surface area contributed by atoms with Gasteiger partial charge in [0.1, 0.15) is 0 Å². The van der Waals surface area contributed by atoms with Crippen molar-refractivity contribution in [1.82, 2.24) is 0 Å². The minimum Gasteiger partial charge on any atom is -0.389 e. The molecule has 0 amide bonds. The van der Waals surface area contributed by atoms with Gasteiger partial charge in [0, 0.05) is 0 Å². The van der Waals surface area contributed by atoms with Crippen LogP contribution in [0.1, 0.15) is 47.0 Å². The zero-order valence-corrected chi connectivity index (χ0v) is 9.30. The summed E-state index contributed by atoms with van der Waals surface area (Å²) in [6.45, 7) is 8.21. The maximum Gasteiger partial charge on any atom is 0.0744 e. The Labute approximate surface area is 82.2 Å². The van der Waals surface area contributed by atoms with Crippen molar-refractivity contribution in [1.29, 1.82) is 0 Å². The van der Waals surface area contributed by atoms with E-state index in [1.165, 1.54) is 5.57 Å². The lowest BCUT2D eigenvalue weighted by Crippen LogP contribution is -2.05. The van der Waals surface area contributed by atoms with Gasteiger partial charge in [0.2, 0.25) is 0 Å². The molecular formula is C12H22O. The van der Waals surface area contributed by atoms with E-state index >= 15 is 0 Å². The molecule has 0 spiro atoms. The third-order valence-electron chi connectivity index (χ3n) is 2.10. The highest BCUT2D eigenvalue weighted by Crippen LogP contribution is 2.07. The first-order valence-corrected chi connectivity index (χ1v) is 5.06. The molecular weight excluding hydrogens is 160 g/mol. The molecule has 0 aliphatic heterocycles. The highest BCUT2D eigenvalue weighted by atomic mass is 16.3. The van der Waals surface area contributed by atoms with Gasteiger partial charge < -0.3 is 5.11 Å². The van der Waals surface area contributed by atoms with Crippen LogP contribution in [-0.4, -0.2) is 11.2 Å². The molecule has 0 aliphatic carbocycles. The average Bonchev–Trinajstić information content (AvgIpc) is 2.10. The minimum atomic E-state index is -0.244. The lowest BCUT2D eigenvalue weighted by molar-refractivity contribution is 0.206. The van der Waals surface area contributed by atoms with E-state index < -0.39 is 0 Å². The van der Waals surface area contributed by atoms with Crippen molar-refractivity contribution in [2.45, 2.75) is 53.1 Å². The average molecular weight is 182 g/mol. The van der Waals surface area contributed by atoms with Gasteiger partial charge in [-0.15, -0.1) is 0 Å². The minimum absolute atomic E-state index is 0.244. The molecule has 0 saturated carbocycles. The predicted octanol–water partition coefficient (Wildman–Crippen LogP) is 3.45. The molecule has 1 atom stereocenters. The summed E-state index contributed by atoms with van der Waals surface area (Å²) in [7, 11) is 0. The molecule has 1 N–H and O–H groups in total.